The Morgan fingerprint density at radius 2 is 2.41 bits per heavy atom. The second kappa shape index (κ2) is 8.36. The number of hydrogen-bond donors (Lipinski definition) is 3. The molecule has 1 aliphatic heterocycles. The fourth-order valence-corrected chi connectivity index (χ4v) is 2.66. The maximum Gasteiger partial charge on any atom is 0.271 e. The number of amides is 1. The van der Waals surface area contributed by atoms with Crippen LogP contribution in [0.1, 0.15) is 35.9 Å². The fourth-order valence-electron chi connectivity index (χ4n) is 2.50. The summed E-state index contributed by atoms with van der Waals surface area (Å²) in [5.41, 5.74) is 1.26. The molecule has 1 amide bonds. The highest BCUT2D eigenvalue weighted by molar-refractivity contribution is 6.31. The van der Waals surface area contributed by atoms with Crippen molar-refractivity contribution in [3.63, 3.8) is 0 Å². The molecule has 0 bridgehead atoms. The van der Waals surface area contributed by atoms with Crippen LogP contribution in [0.15, 0.2) is 18.3 Å². The zero-order valence-corrected chi connectivity index (χ0v) is 13.9. The maximum atomic E-state index is 12.0. The molecule has 6 heteroatoms. The first-order valence-corrected chi connectivity index (χ1v) is 8.14. The van der Waals surface area contributed by atoms with E-state index in [9.17, 15) is 4.79 Å². The first kappa shape index (κ1) is 17.1. The number of aryl methyl sites for hydroxylation is 1. The molecule has 122 valence electrons. The number of ether oxygens (including phenoxy) is 1. The van der Waals surface area contributed by atoms with Gasteiger partial charge in [-0.1, -0.05) is 24.6 Å². The maximum absolute atomic E-state index is 12.0. The second-order valence-electron chi connectivity index (χ2n) is 5.55. The van der Waals surface area contributed by atoms with Gasteiger partial charge in [-0.05, 0) is 32.4 Å². The van der Waals surface area contributed by atoms with Crippen LogP contribution in [0.3, 0.4) is 0 Å². The Hall–Kier alpha value is -1.30. The van der Waals surface area contributed by atoms with E-state index in [1.807, 2.05) is 13.0 Å². The minimum Gasteiger partial charge on any atom is -0.376 e. The third-order valence-corrected chi connectivity index (χ3v) is 4.16. The van der Waals surface area contributed by atoms with Crippen LogP contribution >= 0.6 is 11.6 Å². The third-order valence-electron chi connectivity index (χ3n) is 3.77. The smallest absolute Gasteiger partial charge is 0.271 e. The first-order chi connectivity index (χ1) is 10.6. The molecule has 3 N–H and O–H groups in total. The van der Waals surface area contributed by atoms with Crippen molar-refractivity contribution in [2.45, 2.75) is 32.8 Å². The Morgan fingerprint density at radius 1 is 1.59 bits per heavy atom. The molecule has 2 heterocycles. The molecule has 5 nitrogen and oxygen atoms in total. The van der Waals surface area contributed by atoms with Gasteiger partial charge in [0, 0.05) is 31.0 Å². The molecule has 1 fully saturated rings. The first-order valence-electron chi connectivity index (χ1n) is 7.76. The normalized spacial score (nSPS) is 22.1. The largest absolute Gasteiger partial charge is 0.376 e. The minimum absolute atomic E-state index is 0.170. The van der Waals surface area contributed by atoms with Gasteiger partial charge in [-0.3, -0.25) is 4.79 Å². The van der Waals surface area contributed by atoms with Gasteiger partial charge in [0.05, 0.1) is 11.1 Å². The number of aromatic nitrogens is 1. The molecule has 22 heavy (non-hydrogen) atoms. The molecule has 2 rings (SSSR count). The van der Waals surface area contributed by atoms with Crippen LogP contribution in [0.25, 0.3) is 0 Å². The highest BCUT2D eigenvalue weighted by Crippen LogP contribution is 2.18. The molecule has 2 atom stereocenters. The van der Waals surface area contributed by atoms with Gasteiger partial charge >= 0.3 is 0 Å². The predicted molar refractivity (Wildman–Crippen MR) is 88.2 cm³/mol. The van der Waals surface area contributed by atoms with Crippen molar-refractivity contribution in [3.8, 4) is 0 Å². The van der Waals surface area contributed by atoms with Crippen molar-refractivity contribution in [3.05, 3.63) is 34.8 Å². The number of hydrogen-bond acceptors (Lipinski definition) is 3. The average molecular weight is 326 g/mol. The SMILES string of the molecule is CCCOC1CNCCC1C=CNC(=O)c1cc(Cl)c(C)[nH]1. The summed E-state index contributed by atoms with van der Waals surface area (Å²) in [6.07, 6.45) is 5.93. The molecule has 0 aromatic carbocycles. The number of carbonyl (C=O) groups excluding carboxylic acids is 1. The van der Waals surface area contributed by atoms with Crippen LogP contribution in [0.5, 0.6) is 0 Å². The van der Waals surface area contributed by atoms with Crippen LogP contribution in [0.4, 0.5) is 0 Å². The molecule has 0 spiro atoms. The van der Waals surface area contributed by atoms with Gasteiger partial charge in [0.15, 0.2) is 0 Å². The molecule has 1 saturated heterocycles. The summed E-state index contributed by atoms with van der Waals surface area (Å²) in [6, 6.07) is 1.64. The van der Waals surface area contributed by atoms with E-state index in [1.165, 1.54) is 0 Å². The van der Waals surface area contributed by atoms with Gasteiger partial charge in [0.25, 0.3) is 5.91 Å². The molecule has 0 saturated carbocycles. The van der Waals surface area contributed by atoms with Crippen LogP contribution in [-0.4, -0.2) is 36.7 Å². The van der Waals surface area contributed by atoms with Gasteiger partial charge in [-0.2, -0.15) is 0 Å². The molecule has 1 aliphatic rings. The lowest BCUT2D eigenvalue weighted by molar-refractivity contribution is 0.0131. The van der Waals surface area contributed by atoms with E-state index < -0.39 is 0 Å². The zero-order chi connectivity index (χ0) is 15.9. The Morgan fingerprint density at radius 3 is 3.09 bits per heavy atom. The number of nitrogens with one attached hydrogen (secondary N) is 3. The monoisotopic (exact) mass is 325 g/mol. The highest BCUT2D eigenvalue weighted by Gasteiger charge is 2.23. The van der Waals surface area contributed by atoms with Crippen LogP contribution in [0.2, 0.25) is 5.02 Å². The zero-order valence-electron chi connectivity index (χ0n) is 13.1. The predicted octanol–water partition coefficient (Wildman–Crippen LogP) is 2.62. The number of carbonyl (C=O) groups is 1. The molecular formula is C16H24ClN3O2. The summed E-state index contributed by atoms with van der Waals surface area (Å²) in [6.45, 7) is 6.53. The molecule has 2 unspecified atom stereocenters. The lowest BCUT2D eigenvalue weighted by Crippen LogP contribution is -2.41. The summed E-state index contributed by atoms with van der Waals surface area (Å²) in [5.74, 6) is 0.133. The summed E-state index contributed by atoms with van der Waals surface area (Å²) >= 11 is 5.94. The Balaban J connectivity index is 1.88. The van der Waals surface area contributed by atoms with E-state index in [1.54, 1.807) is 12.3 Å². The molecule has 0 radical (unpaired) electrons. The molecule has 1 aromatic heterocycles. The van der Waals surface area contributed by atoms with Crippen LogP contribution in [0, 0.1) is 12.8 Å². The van der Waals surface area contributed by atoms with Crippen molar-refractivity contribution in [2.75, 3.05) is 19.7 Å². The fraction of sp³-hybridized carbons (Fsp3) is 0.562. The summed E-state index contributed by atoms with van der Waals surface area (Å²) in [4.78, 5) is 15.0. The Kier molecular flexibility index (Phi) is 6.49. The number of halogens is 1. The van der Waals surface area contributed by atoms with Crippen LogP contribution < -0.4 is 10.6 Å². The van der Waals surface area contributed by atoms with Gasteiger partial charge in [-0.15, -0.1) is 0 Å². The minimum atomic E-state index is -0.189. The Labute approximate surface area is 136 Å². The number of piperidine rings is 1. The topological polar surface area (TPSA) is 66.2 Å². The molecule has 1 aromatic rings. The van der Waals surface area contributed by atoms with E-state index >= 15 is 0 Å². The standard InChI is InChI=1S/C16H24ClN3O2/c1-3-8-22-15-10-18-6-4-12(15)5-7-19-16(21)14-9-13(17)11(2)20-14/h5,7,9,12,15,18,20H,3-4,6,8,10H2,1-2H3,(H,19,21). The highest BCUT2D eigenvalue weighted by atomic mass is 35.5. The quantitative estimate of drug-likeness (QED) is 0.753. The van der Waals surface area contributed by atoms with Crippen molar-refractivity contribution in [2.24, 2.45) is 5.92 Å². The lowest BCUT2D eigenvalue weighted by atomic mass is 9.95. The van der Waals surface area contributed by atoms with Gasteiger partial charge in [0.2, 0.25) is 0 Å². The van der Waals surface area contributed by atoms with E-state index in [0.29, 0.717) is 16.6 Å². The molecular weight excluding hydrogens is 302 g/mol. The number of rotatable bonds is 6. The average Bonchev–Trinajstić information content (AvgIpc) is 2.86. The van der Waals surface area contributed by atoms with Crippen molar-refractivity contribution in [1.29, 1.82) is 0 Å². The summed E-state index contributed by atoms with van der Waals surface area (Å²) < 4.78 is 5.86. The summed E-state index contributed by atoms with van der Waals surface area (Å²) in [7, 11) is 0. The second-order valence-corrected chi connectivity index (χ2v) is 5.96. The van der Waals surface area contributed by atoms with Gasteiger partial charge in [-0.25, -0.2) is 0 Å². The van der Waals surface area contributed by atoms with E-state index in [0.717, 1.165) is 38.2 Å². The molecule has 0 aliphatic carbocycles. The van der Waals surface area contributed by atoms with Crippen LogP contribution in [-0.2, 0) is 4.74 Å². The van der Waals surface area contributed by atoms with Crippen molar-refractivity contribution in [1.82, 2.24) is 15.6 Å². The van der Waals surface area contributed by atoms with Gasteiger partial charge < -0.3 is 20.4 Å². The van der Waals surface area contributed by atoms with Crippen molar-refractivity contribution >= 4 is 17.5 Å². The third kappa shape index (κ3) is 4.60. The number of H-pyrrole nitrogens is 1. The van der Waals surface area contributed by atoms with Crippen molar-refractivity contribution < 1.29 is 9.53 Å². The van der Waals surface area contributed by atoms with E-state index in [2.05, 4.69) is 22.5 Å². The Bertz CT molecular complexity index is 508. The summed E-state index contributed by atoms with van der Waals surface area (Å²) in [5, 5.41) is 6.69. The number of aromatic amines is 1. The van der Waals surface area contributed by atoms with Gasteiger partial charge in [0.1, 0.15) is 5.69 Å². The lowest BCUT2D eigenvalue weighted by Gasteiger charge is -2.30. The van der Waals surface area contributed by atoms with E-state index in [-0.39, 0.29) is 12.0 Å². The van der Waals surface area contributed by atoms with E-state index in [4.69, 9.17) is 16.3 Å².